The van der Waals surface area contributed by atoms with E-state index in [1.54, 1.807) is 18.2 Å². The van der Waals surface area contributed by atoms with E-state index in [2.05, 4.69) is 15.5 Å². The molecule has 0 bridgehead atoms. The summed E-state index contributed by atoms with van der Waals surface area (Å²) in [6, 6.07) is 3.99. The molecule has 1 fully saturated rings. The fourth-order valence-electron chi connectivity index (χ4n) is 2.98. The van der Waals surface area contributed by atoms with Gasteiger partial charge in [0, 0.05) is 19.7 Å². The first kappa shape index (κ1) is 17.8. The number of imide groups is 1. The molecule has 0 aliphatic carbocycles. The minimum absolute atomic E-state index is 0.0291. The predicted molar refractivity (Wildman–Crippen MR) is 92.0 cm³/mol. The van der Waals surface area contributed by atoms with E-state index >= 15 is 0 Å². The van der Waals surface area contributed by atoms with Gasteiger partial charge in [-0.25, -0.2) is 4.79 Å². The number of carbonyl (C=O) groups is 3. The van der Waals surface area contributed by atoms with Crippen molar-refractivity contribution >= 4 is 17.8 Å². The van der Waals surface area contributed by atoms with Crippen LogP contribution >= 0.6 is 0 Å². The highest BCUT2D eigenvalue weighted by Gasteiger charge is 2.41. The number of nitrogens with zero attached hydrogens (tertiary/aromatic N) is 4. The summed E-state index contributed by atoms with van der Waals surface area (Å²) < 4.78 is 15.8. The Morgan fingerprint density at radius 2 is 2.04 bits per heavy atom. The Morgan fingerprint density at radius 3 is 2.79 bits per heavy atom. The Morgan fingerprint density at radius 1 is 1.25 bits per heavy atom. The molecule has 0 unspecified atom stereocenters. The quantitative estimate of drug-likeness (QED) is 0.729. The molecule has 11 heteroatoms. The summed E-state index contributed by atoms with van der Waals surface area (Å²) in [5, 5.41) is 6.46. The maximum Gasteiger partial charge on any atom is 0.326 e. The van der Waals surface area contributed by atoms with Crippen LogP contribution in [0.4, 0.5) is 4.79 Å². The average Bonchev–Trinajstić information content (AvgIpc) is 3.39. The molecule has 146 valence electrons. The molecule has 2 aliphatic rings. The van der Waals surface area contributed by atoms with Crippen molar-refractivity contribution in [1.82, 2.24) is 25.3 Å². The van der Waals surface area contributed by atoms with Crippen molar-refractivity contribution in [3.05, 3.63) is 24.0 Å². The molecule has 1 atom stereocenters. The van der Waals surface area contributed by atoms with Crippen LogP contribution in [-0.2, 0) is 16.1 Å². The molecule has 2 aromatic rings. The van der Waals surface area contributed by atoms with E-state index in [-0.39, 0.29) is 31.5 Å². The molecule has 1 aromatic carbocycles. The lowest BCUT2D eigenvalue weighted by Crippen LogP contribution is -2.37. The third kappa shape index (κ3) is 3.10. The van der Waals surface area contributed by atoms with Crippen molar-refractivity contribution in [2.24, 2.45) is 0 Å². The van der Waals surface area contributed by atoms with Crippen LogP contribution in [0.5, 0.6) is 11.5 Å². The Balaban J connectivity index is 1.35. The molecule has 4 rings (SSSR count). The molecule has 3 heterocycles. The highest BCUT2D eigenvalue weighted by atomic mass is 16.7. The van der Waals surface area contributed by atoms with Crippen LogP contribution in [0.3, 0.4) is 0 Å². The van der Waals surface area contributed by atoms with E-state index in [0.29, 0.717) is 17.1 Å². The van der Waals surface area contributed by atoms with E-state index in [0.717, 1.165) is 4.90 Å². The average molecular weight is 387 g/mol. The number of rotatable bonds is 5. The molecule has 2 aliphatic heterocycles. The molecule has 0 saturated carbocycles. The summed E-state index contributed by atoms with van der Waals surface area (Å²) in [6.45, 7) is 0.196. The number of urea groups is 1. The molecule has 4 amide bonds. The summed E-state index contributed by atoms with van der Waals surface area (Å²) in [6.07, 6.45) is -0.141. The lowest BCUT2D eigenvalue weighted by molar-refractivity contribution is -0.131. The SMILES string of the molecule is CN1C(=O)[C@H](CC(=O)NCc2noc(-c3ccc4c(c3)OCO4)n2)N(C)C1=O. The lowest BCUT2D eigenvalue weighted by atomic mass is 10.2. The second kappa shape index (κ2) is 6.83. The van der Waals surface area contributed by atoms with Crippen molar-refractivity contribution in [2.75, 3.05) is 20.9 Å². The second-order valence-electron chi connectivity index (χ2n) is 6.37. The van der Waals surface area contributed by atoms with Gasteiger partial charge in [0.1, 0.15) is 6.04 Å². The second-order valence-corrected chi connectivity index (χ2v) is 6.37. The van der Waals surface area contributed by atoms with Crippen molar-refractivity contribution in [3.63, 3.8) is 0 Å². The molecular weight excluding hydrogens is 370 g/mol. The summed E-state index contributed by atoms with van der Waals surface area (Å²) in [4.78, 5) is 42.4. The Kier molecular flexibility index (Phi) is 4.34. The Hall–Kier alpha value is -3.63. The minimum Gasteiger partial charge on any atom is -0.454 e. The zero-order valence-corrected chi connectivity index (χ0v) is 15.2. The third-order valence-corrected chi connectivity index (χ3v) is 4.58. The zero-order chi connectivity index (χ0) is 19.8. The summed E-state index contributed by atoms with van der Waals surface area (Å²) in [5.74, 6) is 0.984. The summed E-state index contributed by atoms with van der Waals surface area (Å²) >= 11 is 0. The molecule has 1 aromatic heterocycles. The first-order valence-electron chi connectivity index (χ1n) is 8.47. The van der Waals surface area contributed by atoms with Gasteiger partial charge >= 0.3 is 6.03 Å². The number of aromatic nitrogens is 2. The van der Waals surface area contributed by atoms with Crippen LogP contribution in [0.2, 0.25) is 0 Å². The lowest BCUT2D eigenvalue weighted by Gasteiger charge is -2.15. The van der Waals surface area contributed by atoms with Crippen LogP contribution in [-0.4, -0.2) is 64.7 Å². The fraction of sp³-hybridized carbons (Fsp3) is 0.353. The van der Waals surface area contributed by atoms with Crippen LogP contribution in [0.15, 0.2) is 22.7 Å². The van der Waals surface area contributed by atoms with E-state index in [1.165, 1.54) is 19.0 Å². The molecule has 0 spiro atoms. The highest BCUT2D eigenvalue weighted by molar-refractivity contribution is 6.05. The number of carbonyl (C=O) groups excluding carboxylic acids is 3. The van der Waals surface area contributed by atoms with Crippen LogP contribution in [0.1, 0.15) is 12.2 Å². The third-order valence-electron chi connectivity index (χ3n) is 4.58. The maximum absolute atomic E-state index is 12.1. The van der Waals surface area contributed by atoms with Crippen LogP contribution < -0.4 is 14.8 Å². The summed E-state index contributed by atoms with van der Waals surface area (Å²) in [7, 11) is 2.87. The monoisotopic (exact) mass is 387 g/mol. The van der Waals surface area contributed by atoms with Crippen molar-refractivity contribution in [1.29, 1.82) is 0 Å². The smallest absolute Gasteiger partial charge is 0.326 e. The summed E-state index contributed by atoms with van der Waals surface area (Å²) in [5.41, 5.74) is 0.661. The van der Waals surface area contributed by atoms with Crippen molar-refractivity contribution in [2.45, 2.75) is 19.0 Å². The minimum atomic E-state index is -0.813. The largest absolute Gasteiger partial charge is 0.454 e. The first-order valence-corrected chi connectivity index (χ1v) is 8.47. The highest BCUT2D eigenvalue weighted by Crippen LogP contribution is 2.35. The molecule has 11 nitrogen and oxygen atoms in total. The van der Waals surface area contributed by atoms with Gasteiger partial charge in [0.05, 0.1) is 13.0 Å². The van der Waals surface area contributed by atoms with Gasteiger partial charge in [-0.15, -0.1) is 0 Å². The van der Waals surface area contributed by atoms with Crippen molar-refractivity contribution in [3.8, 4) is 23.0 Å². The van der Waals surface area contributed by atoms with Gasteiger partial charge in [0.25, 0.3) is 11.8 Å². The molecule has 1 N–H and O–H groups in total. The topological polar surface area (TPSA) is 127 Å². The Labute approximate surface area is 159 Å². The maximum atomic E-state index is 12.1. The van der Waals surface area contributed by atoms with Crippen molar-refractivity contribution < 1.29 is 28.4 Å². The van der Waals surface area contributed by atoms with Crippen LogP contribution in [0, 0.1) is 0 Å². The zero-order valence-electron chi connectivity index (χ0n) is 15.2. The standard InChI is InChI=1S/C17H17N5O6/c1-21-10(16(24)22(2)17(21)25)6-14(23)18-7-13-19-15(28-20-13)9-3-4-11-12(5-9)27-8-26-11/h3-5,10H,6-8H2,1-2H3,(H,18,23)/t10-/m0/s1. The molecular formula is C17H17N5O6. The van der Waals surface area contributed by atoms with E-state index in [9.17, 15) is 14.4 Å². The Bertz CT molecular complexity index is 957. The van der Waals surface area contributed by atoms with Crippen LogP contribution in [0.25, 0.3) is 11.5 Å². The normalized spacial score (nSPS) is 18.1. The van der Waals surface area contributed by atoms with Gasteiger partial charge in [0.2, 0.25) is 12.7 Å². The molecule has 1 saturated heterocycles. The number of hydrogen-bond acceptors (Lipinski definition) is 8. The number of benzene rings is 1. The fourth-order valence-corrected chi connectivity index (χ4v) is 2.98. The van der Waals surface area contributed by atoms with E-state index in [4.69, 9.17) is 14.0 Å². The number of ether oxygens (including phenoxy) is 2. The number of fused-ring (bicyclic) bond motifs is 1. The number of amides is 4. The number of likely N-dealkylation sites (N-methyl/N-ethyl adjacent to an activating group) is 2. The van der Waals surface area contributed by atoms with Gasteiger partial charge in [-0.3, -0.25) is 14.5 Å². The van der Waals surface area contributed by atoms with Gasteiger partial charge in [-0.2, -0.15) is 4.98 Å². The van der Waals surface area contributed by atoms with E-state index in [1.807, 2.05) is 0 Å². The van der Waals surface area contributed by atoms with Gasteiger partial charge in [-0.1, -0.05) is 5.16 Å². The van der Waals surface area contributed by atoms with Gasteiger partial charge in [0.15, 0.2) is 17.3 Å². The molecule has 0 radical (unpaired) electrons. The predicted octanol–water partition coefficient (Wildman–Crippen LogP) is 0.364. The first-order chi connectivity index (χ1) is 13.4. The van der Waals surface area contributed by atoms with Gasteiger partial charge < -0.3 is 24.2 Å². The van der Waals surface area contributed by atoms with Gasteiger partial charge in [-0.05, 0) is 18.2 Å². The number of hydrogen-bond donors (Lipinski definition) is 1. The molecule has 28 heavy (non-hydrogen) atoms. The van der Waals surface area contributed by atoms with E-state index < -0.39 is 23.9 Å². The number of nitrogens with one attached hydrogen (secondary N) is 1.